The van der Waals surface area contributed by atoms with Crippen molar-refractivity contribution in [2.45, 2.75) is 19.3 Å². The largest absolute Gasteiger partial charge is 0.497 e. The molecule has 0 unspecified atom stereocenters. The number of nitrogens with one attached hydrogen (secondary N) is 1. The number of hydrogen-bond acceptors (Lipinski definition) is 7. The zero-order chi connectivity index (χ0) is 25.7. The molecule has 10 heteroatoms. The van der Waals surface area contributed by atoms with Gasteiger partial charge in [0.15, 0.2) is 0 Å². The molecule has 0 radical (unpaired) electrons. The van der Waals surface area contributed by atoms with Crippen molar-refractivity contribution in [3.8, 4) is 11.5 Å². The number of methoxy groups -OCH3 is 1. The molecule has 1 aromatic heterocycles. The fourth-order valence-electron chi connectivity index (χ4n) is 4.63. The number of pyridine rings is 1. The van der Waals surface area contributed by atoms with E-state index < -0.39 is 25.9 Å². The van der Waals surface area contributed by atoms with Crippen LogP contribution < -0.4 is 19.7 Å². The van der Waals surface area contributed by atoms with Crippen LogP contribution in [0.4, 0.5) is 30.4 Å². The van der Waals surface area contributed by atoms with Crippen LogP contribution >= 0.6 is 0 Å². The highest BCUT2D eigenvalue weighted by Crippen LogP contribution is 2.52. The number of para-hydroxylation sites is 1. The maximum Gasteiger partial charge on any atom is 0.260 e. The van der Waals surface area contributed by atoms with Gasteiger partial charge in [0.05, 0.1) is 32.4 Å². The Morgan fingerprint density at radius 2 is 1.75 bits per heavy atom. The maximum atomic E-state index is 13.4. The lowest BCUT2D eigenvalue weighted by Gasteiger charge is -2.40. The Balaban J connectivity index is 2.03. The van der Waals surface area contributed by atoms with Gasteiger partial charge < -0.3 is 24.3 Å². The van der Waals surface area contributed by atoms with Crippen molar-refractivity contribution >= 4 is 28.1 Å². The predicted octanol–water partition coefficient (Wildman–Crippen LogP) is 5.26. The number of fused-ring (bicyclic) bond motifs is 3. The number of halogens is 3. The van der Waals surface area contributed by atoms with Gasteiger partial charge in [-0.3, -0.25) is 4.90 Å². The number of aryl methyl sites for hydroxylation is 1. The Labute approximate surface area is 208 Å². The number of nitrogens with zero attached hydrogens (tertiary/aromatic N) is 2. The number of anilines is 3. The highest BCUT2D eigenvalue weighted by Gasteiger charge is 2.50. The molecule has 1 aliphatic rings. The highest BCUT2D eigenvalue weighted by molar-refractivity contribution is 6.02. The van der Waals surface area contributed by atoms with Crippen LogP contribution in [-0.2, 0) is 15.9 Å². The summed E-state index contributed by atoms with van der Waals surface area (Å²) < 4.78 is 62.8. The van der Waals surface area contributed by atoms with Crippen LogP contribution in [0.5, 0.6) is 11.5 Å². The van der Waals surface area contributed by atoms with Gasteiger partial charge in [0.1, 0.15) is 49.5 Å². The molecule has 1 aliphatic heterocycles. The van der Waals surface area contributed by atoms with Crippen LogP contribution in [0.15, 0.2) is 36.4 Å². The Kier molecular flexibility index (Phi) is 8.05. The fraction of sp³-hybridized carbons (Fsp3) is 0.423. The molecular weight excluding hydrogens is 475 g/mol. The van der Waals surface area contributed by atoms with Gasteiger partial charge in [0, 0.05) is 23.7 Å². The normalized spacial score (nSPS) is 14.2. The number of alkyl halides is 3. The average Bonchev–Trinajstić information content (AvgIpc) is 3.24. The van der Waals surface area contributed by atoms with Gasteiger partial charge in [-0.15, -0.1) is 0 Å². The fourth-order valence-corrected chi connectivity index (χ4v) is 4.63. The van der Waals surface area contributed by atoms with E-state index in [1.807, 2.05) is 30.0 Å². The molecule has 0 bridgehead atoms. The van der Waals surface area contributed by atoms with E-state index in [0.29, 0.717) is 39.6 Å². The smallest absolute Gasteiger partial charge is 0.260 e. The molecule has 36 heavy (non-hydrogen) atoms. The molecule has 194 valence electrons. The summed E-state index contributed by atoms with van der Waals surface area (Å²) in [6, 6.07) is 10.9. The Hall–Kier alpha value is -3.24. The monoisotopic (exact) mass is 505 g/mol. The molecule has 0 spiro atoms. The molecular formula is C26H30F3N3O4. The van der Waals surface area contributed by atoms with E-state index in [1.54, 1.807) is 32.4 Å². The number of rotatable bonds is 12. The lowest BCUT2D eigenvalue weighted by Crippen LogP contribution is -2.50. The molecule has 0 fully saturated rings. The van der Waals surface area contributed by atoms with Gasteiger partial charge in [0.25, 0.3) is 5.91 Å². The molecule has 0 aliphatic carbocycles. The van der Waals surface area contributed by atoms with Gasteiger partial charge in [0.2, 0.25) is 0 Å². The first-order valence-corrected chi connectivity index (χ1v) is 11.7. The molecule has 4 rings (SSSR count). The Bertz CT molecular complexity index is 1200. The summed E-state index contributed by atoms with van der Waals surface area (Å²) >= 11 is 0. The number of benzene rings is 2. The Morgan fingerprint density at radius 1 is 1.03 bits per heavy atom. The van der Waals surface area contributed by atoms with E-state index in [2.05, 4.69) is 5.32 Å². The zero-order valence-electron chi connectivity index (χ0n) is 20.6. The van der Waals surface area contributed by atoms with Crippen LogP contribution in [0.1, 0.15) is 11.1 Å². The number of ether oxygens (including phenoxy) is 4. The van der Waals surface area contributed by atoms with Crippen LogP contribution in [0.3, 0.4) is 0 Å². The molecule has 3 aromatic rings. The first kappa shape index (κ1) is 25.8. The average molecular weight is 506 g/mol. The summed E-state index contributed by atoms with van der Waals surface area (Å²) in [5.74, 6) is 0.0762. The Morgan fingerprint density at radius 3 is 2.36 bits per heavy atom. The third kappa shape index (κ3) is 4.62. The zero-order valence-corrected chi connectivity index (χ0v) is 20.6. The second-order valence-corrected chi connectivity index (χ2v) is 8.18. The maximum absolute atomic E-state index is 13.4. The molecule has 0 atom stereocenters. The lowest BCUT2D eigenvalue weighted by molar-refractivity contribution is -0.229. The van der Waals surface area contributed by atoms with E-state index in [0.717, 1.165) is 11.1 Å². The molecule has 2 heterocycles. The highest BCUT2D eigenvalue weighted by atomic mass is 19.1. The van der Waals surface area contributed by atoms with Crippen molar-refractivity contribution in [1.29, 1.82) is 0 Å². The molecule has 0 saturated heterocycles. The van der Waals surface area contributed by atoms with E-state index in [-0.39, 0.29) is 26.2 Å². The SMILES string of the molecule is CNc1nc2c(OCCF)cccc2c2c1CC(OCCF)(OCCF)N2c1ccc(OC)cc1C. The topological polar surface area (TPSA) is 65.1 Å². The molecule has 2 aromatic carbocycles. The van der Waals surface area contributed by atoms with Gasteiger partial charge in [-0.05, 0) is 36.8 Å². The summed E-state index contributed by atoms with van der Waals surface area (Å²) in [7, 11) is 3.31. The number of aromatic nitrogens is 1. The second-order valence-electron chi connectivity index (χ2n) is 8.18. The minimum Gasteiger partial charge on any atom is -0.497 e. The minimum atomic E-state index is -1.53. The van der Waals surface area contributed by atoms with Crippen molar-refractivity contribution in [3.05, 3.63) is 47.5 Å². The van der Waals surface area contributed by atoms with Crippen molar-refractivity contribution in [2.75, 3.05) is 64.2 Å². The summed E-state index contributed by atoms with van der Waals surface area (Å²) in [6.45, 7) is -0.847. The van der Waals surface area contributed by atoms with Gasteiger partial charge >= 0.3 is 0 Å². The standard InChI is InChI=1S/C26H30F3N3O4/c1-17-15-18(33-3)7-8-21(17)32-24-19-5-4-6-22(34-12-9-27)23(19)31-25(30-2)20(24)16-26(32,35-13-10-28)36-14-11-29/h4-8,15H,9-14,16H2,1-3H3,(H,30,31). The van der Waals surface area contributed by atoms with E-state index in [9.17, 15) is 13.2 Å². The van der Waals surface area contributed by atoms with E-state index >= 15 is 0 Å². The van der Waals surface area contributed by atoms with Crippen molar-refractivity contribution in [2.24, 2.45) is 0 Å². The summed E-state index contributed by atoms with van der Waals surface area (Å²) in [5, 5.41) is 3.81. The van der Waals surface area contributed by atoms with Crippen LogP contribution in [-0.4, -0.2) is 64.9 Å². The minimum absolute atomic E-state index is 0.114. The van der Waals surface area contributed by atoms with Gasteiger partial charge in [-0.2, -0.15) is 0 Å². The van der Waals surface area contributed by atoms with Gasteiger partial charge in [-0.1, -0.05) is 12.1 Å². The van der Waals surface area contributed by atoms with Gasteiger partial charge in [-0.25, -0.2) is 18.2 Å². The summed E-state index contributed by atoms with van der Waals surface area (Å²) in [4.78, 5) is 6.58. The molecule has 0 amide bonds. The van der Waals surface area contributed by atoms with Crippen LogP contribution in [0, 0.1) is 6.92 Å². The second kappa shape index (κ2) is 11.2. The lowest BCUT2D eigenvalue weighted by atomic mass is 10.1. The van der Waals surface area contributed by atoms with Crippen molar-refractivity contribution < 1.29 is 32.1 Å². The quantitative estimate of drug-likeness (QED) is 0.337. The predicted molar refractivity (Wildman–Crippen MR) is 133 cm³/mol. The first-order valence-electron chi connectivity index (χ1n) is 11.7. The van der Waals surface area contributed by atoms with E-state index in [4.69, 9.17) is 23.9 Å². The van der Waals surface area contributed by atoms with E-state index in [1.165, 1.54) is 0 Å². The molecule has 1 N–H and O–H groups in total. The molecule has 7 nitrogen and oxygen atoms in total. The van der Waals surface area contributed by atoms with Crippen molar-refractivity contribution in [1.82, 2.24) is 4.98 Å². The third-order valence-electron chi connectivity index (χ3n) is 6.04. The number of hydrogen-bond donors (Lipinski definition) is 1. The molecule has 0 saturated carbocycles. The van der Waals surface area contributed by atoms with Crippen LogP contribution in [0.25, 0.3) is 10.9 Å². The first-order chi connectivity index (χ1) is 17.5. The van der Waals surface area contributed by atoms with Crippen LogP contribution in [0.2, 0.25) is 0 Å². The summed E-state index contributed by atoms with van der Waals surface area (Å²) in [5.41, 5.74) is 3.50. The third-order valence-corrected chi connectivity index (χ3v) is 6.04. The van der Waals surface area contributed by atoms with Crippen molar-refractivity contribution in [3.63, 3.8) is 0 Å². The summed E-state index contributed by atoms with van der Waals surface area (Å²) in [6.07, 6.45) is 0.155.